The minimum absolute atomic E-state index is 0.549. The molecule has 2 N–H and O–H groups in total. The number of hydrogen-bond acceptors (Lipinski definition) is 3. The number of aryl methyl sites for hydroxylation is 1. The first-order chi connectivity index (χ1) is 8.05. The molecule has 1 saturated heterocycles. The van der Waals surface area contributed by atoms with E-state index in [9.17, 15) is 0 Å². The van der Waals surface area contributed by atoms with Crippen LogP contribution in [-0.2, 0) is 6.54 Å². The zero-order chi connectivity index (χ0) is 12.3. The molecule has 0 unspecified atom stereocenters. The fourth-order valence-corrected chi connectivity index (χ4v) is 2.34. The van der Waals surface area contributed by atoms with E-state index < -0.39 is 0 Å². The first-order valence-electron chi connectivity index (χ1n) is 6.56. The molecule has 2 heterocycles. The van der Waals surface area contributed by atoms with Gasteiger partial charge in [0, 0.05) is 12.7 Å². The lowest BCUT2D eigenvalue weighted by Gasteiger charge is -2.36. The average Bonchev–Trinajstić information content (AvgIpc) is 2.67. The van der Waals surface area contributed by atoms with Crippen molar-refractivity contribution in [1.29, 1.82) is 0 Å². The van der Waals surface area contributed by atoms with Crippen molar-refractivity contribution in [3.8, 4) is 0 Å². The van der Waals surface area contributed by atoms with E-state index in [0.717, 1.165) is 13.0 Å². The third-order valence-corrected chi connectivity index (χ3v) is 3.73. The van der Waals surface area contributed by atoms with Crippen molar-refractivity contribution in [1.82, 2.24) is 14.7 Å². The highest BCUT2D eigenvalue weighted by atomic mass is 15.3. The first-order valence-corrected chi connectivity index (χ1v) is 6.56. The van der Waals surface area contributed by atoms with Crippen LogP contribution in [0.4, 0.5) is 5.82 Å². The maximum atomic E-state index is 5.58. The van der Waals surface area contributed by atoms with Gasteiger partial charge in [0.15, 0.2) is 0 Å². The number of aromatic nitrogens is 2. The fourth-order valence-electron chi connectivity index (χ4n) is 2.34. The van der Waals surface area contributed by atoms with Crippen LogP contribution in [0.25, 0.3) is 0 Å². The summed E-state index contributed by atoms with van der Waals surface area (Å²) in [4.78, 5) is 2.57. The fraction of sp³-hybridized carbons (Fsp3) is 0.769. The predicted octanol–water partition coefficient (Wildman–Crippen LogP) is 1.98. The molecule has 0 radical (unpaired) electrons. The van der Waals surface area contributed by atoms with Crippen LogP contribution >= 0.6 is 0 Å². The molecule has 0 bridgehead atoms. The van der Waals surface area contributed by atoms with E-state index in [1.165, 1.54) is 32.5 Å². The Balaban J connectivity index is 1.66. The maximum absolute atomic E-state index is 5.58. The van der Waals surface area contributed by atoms with Crippen LogP contribution in [0, 0.1) is 5.41 Å². The van der Waals surface area contributed by atoms with Gasteiger partial charge in [0.1, 0.15) is 5.82 Å². The van der Waals surface area contributed by atoms with Crippen molar-refractivity contribution in [3.05, 3.63) is 12.3 Å². The van der Waals surface area contributed by atoms with E-state index in [4.69, 9.17) is 5.73 Å². The summed E-state index contributed by atoms with van der Waals surface area (Å²) in [5.74, 6) is 0.615. The SMILES string of the molecule is CC1(C)CCN(CCCn2ccc(N)n2)CC1. The van der Waals surface area contributed by atoms with Crippen LogP contribution in [-0.4, -0.2) is 34.3 Å². The lowest BCUT2D eigenvalue weighted by Crippen LogP contribution is -2.38. The molecular weight excluding hydrogens is 212 g/mol. The molecule has 1 aromatic rings. The van der Waals surface area contributed by atoms with Gasteiger partial charge < -0.3 is 10.6 Å². The van der Waals surface area contributed by atoms with Gasteiger partial charge in [0.2, 0.25) is 0 Å². The zero-order valence-electron chi connectivity index (χ0n) is 11.0. The van der Waals surface area contributed by atoms with Crippen LogP contribution in [0.15, 0.2) is 12.3 Å². The molecule has 0 atom stereocenters. The van der Waals surface area contributed by atoms with Crippen molar-refractivity contribution in [2.45, 2.75) is 39.7 Å². The second kappa shape index (κ2) is 5.08. The summed E-state index contributed by atoms with van der Waals surface area (Å²) < 4.78 is 1.93. The van der Waals surface area contributed by atoms with Crippen LogP contribution < -0.4 is 5.73 Å². The van der Waals surface area contributed by atoms with Crippen molar-refractivity contribution in [3.63, 3.8) is 0 Å². The number of piperidine rings is 1. The van der Waals surface area contributed by atoms with Gasteiger partial charge in [-0.2, -0.15) is 5.10 Å². The number of nitrogens with two attached hydrogens (primary N) is 1. The Morgan fingerprint density at radius 3 is 2.59 bits per heavy atom. The molecule has 2 rings (SSSR count). The molecule has 17 heavy (non-hydrogen) atoms. The highest BCUT2D eigenvalue weighted by molar-refractivity contribution is 5.23. The normalized spacial score (nSPS) is 20.6. The summed E-state index contributed by atoms with van der Waals surface area (Å²) >= 11 is 0. The quantitative estimate of drug-likeness (QED) is 0.869. The number of nitrogens with zero attached hydrogens (tertiary/aromatic N) is 3. The molecule has 1 aliphatic rings. The summed E-state index contributed by atoms with van der Waals surface area (Å²) in [5, 5.41) is 4.19. The Morgan fingerprint density at radius 1 is 1.29 bits per heavy atom. The van der Waals surface area contributed by atoms with Crippen LogP contribution in [0.5, 0.6) is 0 Å². The Hall–Kier alpha value is -1.03. The molecule has 1 aromatic heterocycles. The minimum atomic E-state index is 0.549. The molecule has 4 nitrogen and oxygen atoms in total. The zero-order valence-corrected chi connectivity index (χ0v) is 11.0. The van der Waals surface area contributed by atoms with Crippen LogP contribution in [0.3, 0.4) is 0 Å². The van der Waals surface area contributed by atoms with E-state index in [2.05, 4.69) is 23.8 Å². The van der Waals surface area contributed by atoms with Crippen molar-refractivity contribution >= 4 is 5.82 Å². The smallest absolute Gasteiger partial charge is 0.145 e. The highest BCUT2D eigenvalue weighted by Crippen LogP contribution is 2.29. The predicted molar refractivity (Wildman–Crippen MR) is 70.7 cm³/mol. The lowest BCUT2D eigenvalue weighted by atomic mass is 9.83. The number of rotatable bonds is 4. The van der Waals surface area contributed by atoms with Crippen molar-refractivity contribution in [2.75, 3.05) is 25.4 Å². The number of likely N-dealkylation sites (tertiary alicyclic amines) is 1. The summed E-state index contributed by atoms with van der Waals surface area (Å²) in [6.45, 7) is 9.38. The largest absolute Gasteiger partial charge is 0.382 e. The van der Waals surface area contributed by atoms with E-state index in [1.807, 2.05) is 16.9 Å². The van der Waals surface area contributed by atoms with Gasteiger partial charge in [-0.15, -0.1) is 0 Å². The van der Waals surface area contributed by atoms with E-state index >= 15 is 0 Å². The second-order valence-corrected chi connectivity index (χ2v) is 5.86. The topological polar surface area (TPSA) is 47.1 Å². The highest BCUT2D eigenvalue weighted by Gasteiger charge is 2.24. The van der Waals surface area contributed by atoms with Crippen LogP contribution in [0.1, 0.15) is 33.1 Å². The molecule has 96 valence electrons. The standard InChI is InChI=1S/C13H24N4/c1-13(2)5-10-16(11-6-13)7-3-8-17-9-4-12(14)15-17/h4,9H,3,5-8,10-11H2,1-2H3,(H2,14,15). The third-order valence-electron chi connectivity index (χ3n) is 3.73. The molecule has 1 aliphatic heterocycles. The Bertz CT molecular complexity index is 346. The molecule has 0 aliphatic carbocycles. The maximum Gasteiger partial charge on any atom is 0.145 e. The van der Waals surface area contributed by atoms with E-state index in [-0.39, 0.29) is 0 Å². The van der Waals surface area contributed by atoms with Gasteiger partial charge in [0.25, 0.3) is 0 Å². The molecular formula is C13H24N4. The first kappa shape index (κ1) is 12.4. The van der Waals surface area contributed by atoms with Gasteiger partial charge in [0.05, 0.1) is 0 Å². The molecule has 4 heteroatoms. The van der Waals surface area contributed by atoms with E-state index in [0.29, 0.717) is 11.2 Å². The summed E-state index contributed by atoms with van der Waals surface area (Å²) in [6, 6.07) is 1.85. The number of anilines is 1. The van der Waals surface area contributed by atoms with Crippen molar-refractivity contribution < 1.29 is 0 Å². The molecule has 0 amide bonds. The molecule has 0 saturated carbocycles. The van der Waals surface area contributed by atoms with Gasteiger partial charge in [-0.05, 0) is 50.4 Å². The van der Waals surface area contributed by atoms with E-state index in [1.54, 1.807) is 0 Å². The third kappa shape index (κ3) is 3.73. The van der Waals surface area contributed by atoms with Gasteiger partial charge in [-0.1, -0.05) is 13.8 Å². The number of hydrogen-bond donors (Lipinski definition) is 1. The minimum Gasteiger partial charge on any atom is -0.382 e. The van der Waals surface area contributed by atoms with Gasteiger partial charge in [-0.3, -0.25) is 4.68 Å². The van der Waals surface area contributed by atoms with Crippen molar-refractivity contribution in [2.24, 2.45) is 5.41 Å². The average molecular weight is 236 g/mol. The molecule has 0 aromatic carbocycles. The summed E-state index contributed by atoms with van der Waals surface area (Å²) in [7, 11) is 0. The Labute approximate surface area is 104 Å². The summed E-state index contributed by atoms with van der Waals surface area (Å²) in [5.41, 5.74) is 6.13. The lowest BCUT2D eigenvalue weighted by molar-refractivity contribution is 0.130. The Morgan fingerprint density at radius 2 is 2.00 bits per heavy atom. The second-order valence-electron chi connectivity index (χ2n) is 5.86. The molecule has 0 spiro atoms. The van der Waals surface area contributed by atoms with Gasteiger partial charge in [-0.25, -0.2) is 0 Å². The monoisotopic (exact) mass is 236 g/mol. The molecule has 1 fully saturated rings. The van der Waals surface area contributed by atoms with Crippen LogP contribution in [0.2, 0.25) is 0 Å². The van der Waals surface area contributed by atoms with Gasteiger partial charge >= 0.3 is 0 Å². The Kier molecular flexibility index (Phi) is 3.72. The number of nitrogen functional groups attached to an aromatic ring is 1. The summed E-state index contributed by atoms with van der Waals surface area (Å²) in [6.07, 6.45) is 5.75.